The fourth-order valence-electron chi connectivity index (χ4n) is 2.12. The van der Waals surface area contributed by atoms with Gasteiger partial charge in [-0.2, -0.15) is 0 Å². The number of aromatic hydroxyl groups is 1. The number of phenolic OH excluding ortho intramolecular Hbond substituents is 1. The number of nitrogens with one attached hydrogen (secondary N) is 1. The lowest BCUT2D eigenvalue weighted by molar-refractivity contribution is 0.406. The van der Waals surface area contributed by atoms with Gasteiger partial charge in [-0.05, 0) is 18.2 Å². The molecule has 0 aliphatic rings. The lowest BCUT2D eigenvalue weighted by atomic mass is 10.2. The zero-order valence-corrected chi connectivity index (χ0v) is 12.5. The van der Waals surface area contributed by atoms with Crippen molar-refractivity contribution in [1.29, 1.82) is 0 Å². The van der Waals surface area contributed by atoms with Crippen LogP contribution in [0.25, 0.3) is 10.2 Å². The van der Waals surface area contributed by atoms with Gasteiger partial charge in [-0.25, -0.2) is 4.98 Å². The molecule has 0 fully saturated rings. The van der Waals surface area contributed by atoms with E-state index in [1.165, 1.54) is 4.70 Å². The molecular weight excluding hydrogens is 284 g/mol. The van der Waals surface area contributed by atoms with E-state index in [2.05, 4.69) is 16.4 Å². The minimum Gasteiger partial charge on any atom is -0.507 e. The van der Waals surface area contributed by atoms with Crippen molar-refractivity contribution in [3.63, 3.8) is 0 Å². The van der Waals surface area contributed by atoms with Crippen LogP contribution in [-0.2, 0) is 13.1 Å². The summed E-state index contributed by atoms with van der Waals surface area (Å²) in [5.74, 6) is 0.897. The number of nitrogens with zero attached hydrogens (tertiary/aromatic N) is 1. The maximum Gasteiger partial charge on any atom is 0.123 e. The Labute approximate surface area is 127 Å². The first-order valence-corrected chi connectivity index (χ1v) is 7.49. The summed E-state index contributed by atoms with van der Waals surface area (Å²) in [6, 6.07) is 13.4. The summed E-state index contributed by atoms with van der Waals surface area (Å²) in [5.41, 5.74) is 1.88. The van der Waals surface area contributed by atoms with Crippen molar-refractivity contribution in [3.05, 3.63) is 53.0 Å². The Morgan fingerprint density at radius 3 is 2.81 bits per heavy atom. The Morgan fingerprint density at radius 2 is 2.05 bits per heavy atom. The first-order chi connectivity index (χ1) is 10.3. The second-order valence-corrected chi connectivity index (χ2v) is 5.79. The van der Waals surface area contributed by atoms with Crippen LogP contribution in [0.5, 0.6) is 11.5 Å². The maximum atomic E-state index is 9.90. The molecule has 3 rings (SSSR count). The minimum atomic E-state index is 0.242. The van der Waals surface area contributed by atoms with Gasteiger partial charge in [0.05, 0.1) is 17.3 Å². The average molecular weight is 300 g/mol. The lowest BCUT2D eigenvalue weighted by Crippen LogP contribution is -2.12. The van der Waals surface area contributed by atoms with E-state index >= 15 is 0 Å². The van der Waals surface area contributed by atoms with E-state index < -0.39 is 0 Å². The van der Waals surface area contributed by atoms with Crippen LogP contribution in [0.3, 0.4) is 0 Å². The minimum absolute atomic E-state index is 0.242. The maximum absolute atomic E-state index is 9.90. The molecule has 108 valence electrons. The molecule has 0 radical (unpaired) electrons. The summed E-state index contributed by atoms with van der Waals surface area (Å²) in [5, 5.41) is 14.3. The number of phenols is 1. The smallest absolute Gasteiger partial charge is 0.123 e. The highest BCUT2D eigenvalue weighted by Crippen LogP contribution is 2.24. The summed E-state index contributed by atoms with van der Waals surface area (Å²) in [4.78, 5) is 4.57. The van der Waals surface area contributed by atoms with Crippen LogP contribution in [0.4, 0.5) is 0 Å². The van der Waals surface area contributed by atoms with Crippen molar-refractivity contribution in [2.75, 3.05) is 7.11 Å². The molecular formula is C16H16N2O2S. The molecule has 4 nitrogen and oxygen atoms in total. The summed E-state index contributed by atoms with van der Waals surface area (Å²) in [7, 11) is 1.58. The summed E-state index contributed by atoms with van der Waals surface area (Å²) in [6.45, 7) is 1.27. The van der Waals surface area contributed by atoms with Crippen LogP contribution >= 0.6 is 11.3 Å². The highest BCUT2D eigenvalue weighted by atomic mass is 32.1. The van der Waals surface area contributed by atoms with Gasteiger partial charge in [0, 0.05) is 24.7 Å². The normalized spacial score (nSPS) is 10.9. The van der Waals surface area contributed by atoms with Gasteiger partial charge in [-0.3, -0.25) is 0 Å². The number of thiazole rings is 1. The molecule has 0 aliphatic heterocycles. The Balaban J connectivity index is 1.63. The molecule has 0 unspecified atom stereocenters. The monoisotopic (exact) mass is 300 g/mol. The van der Waals surface area contributed by atoms with Crippen molar-refractivity contribution in [2.45, 2.75) is 13.1 Å². The van der Waals surface area contributed by atoms with Crippen molar-refractivity contribution < 1.29 is 9.84 Å². The number of para-hydroxylation sites is 1. The number of rotatable bonds is 5. The third-order valence-corrected chi connectivity index (χ3v) is 4.26. The van der Waals surface area contributed by atoms with Gasteiger partial charge < -0.3 is 15.2 Å². The predicted molar refractivity (Wildman–Crippen MR) is 84.8 cm³/mol. The van der Waals surface area contributed by atoms with E-state index in [1.54, 1.807) is 24.5 Å². The molecule has 5 heteroatoms. The molecule has 0 saturated heterocycles. The Hall–Kier alpha value is -2.11. The fourth-order valence-corrected chi connectivity index (χ4v) is 3.06. The van der Waals surface area contributed by atoms with Crippen molar-refractivity contribution >= 4 is 21.6 Å². The van der Waals surface area contributed by atoms with Gasteiger partial charge in [-0.1, -0.05) is 18.2 Å². The van der Waals surface area contributed by atoms with Crippen LogP contribution in [0.15, 0.2) is 42.5 Å². The first kappa shape index (κ1) is 13.9. The van der Waals surface area contributed by atoms with Crippen LogP contribution in [-0.4, -0.2) is 17.2 Å². The Kier molecular flexibility index (Phi) is 4.03. The molecule has 0 amide bonds. The molecule has 2 aromatic carbocycles. The highest BCUT2D eigenvalue weighted by Gasteiger charge is 2.05. The van der Waals surface area contributed by atoms with Crippen molar-refractivity contribution in [1.82, 2.24) is 10.3 Å². The molecule has 21 heavy (non-hydrogen) atoms. The molecule has 2 N–H and O–H groups in total. The summed E-state index contributed by atoms with van der Waals surface area (Å²) >= 11 is 1.69. The van der Waals surface area contributed by atoms with Crippen LogP contribution in [0, 0.1) is 0 Å². The van der Waals surface area contributed by atoms with E-state index in [1.807, 2.05) is 30.3 Å². The second-order valence-electron chi connectivity index (χ2n) is 4.67. The van der Waals surface area contributed by atoms with Gasteiger partial charge in [-0.15, -0.1) is 11.3 Å². The van der Waals surface area contributed by atoms with Crippen molar-refractivity contribution in [2.24, 2.45) is 0 Å². The van der Waals surface area contributed by atoms with Gasteiger partial charge in [0.25, 0.3) is 0 Å². The zero-order chi connectivity index (χ0) is 14.7. The Morgan fingerprint density at radius 1 is 1.19 bits per heavy atom. The van der Waals surface area contributed by atoms with Gasteiger partial charge in [0.15, 0.2) is 0 Å². The number of methoxy groups -OCH3 is 1. The largest absolute Gasteiger partial charge is 0.507 e. The molecule has 0 atom stereocenters. The first-order valence-electron chi connectivity index (χ1n) is 6.67. The number of fused-ring (bicyclic) bond motifs is 1. The third-order valence-electron chi connectivity index (χ3n) is 3.22. The number of benzene rings is 2. The lowest BCUT2D eigenvalue weighted by Gasteiger charge is -2.07. The topological polar surface area (TPSA) is 54.4 Å². The fraction of sp³-hybridized carbons (Fsp3) is 0.188. The summed E-state index contributed by atoms with van der Waals surface area (Å²) < 4.78 is 6.26. The van der Waals surface area contributed by atoms with E-state index in [0.29, 0.717) is 18.8 Å². The average Bonchev–Trinajstić information content (AvgIpc) is 2.91. The van der Waals surface area contributed by atoms with Gasteiger partial charge in [0.2, 0.25) is 0 Å². The molecule has 0 aliphatic carbocycles. The number of ether oxygens (including phenoxy) is 1. The van der Waals surface area contributed by atoms with Crippen LogP contribution < -0.4 is 10.1 Å². The molecule has 1 heterocycles. The molecule has 1 aromatic heterocycles. The van der Waals surface area contributed by atoms with Gasteiger partial charge >= 0.3 is 0 Å². The SMILES string of the molecule is COc1ccc(CNCc2nc3ccccc3s2)c(O)c1. The van der Waals surface area contributed by atoms with E-state index in [-0.39, 0.29) is 5.75 Å². The number of hydrogen-bond donors (Lipinski definition) is 2. The second kappa shape index (κ2) is 6.11. The molecule has 0 spiro atoms. The standard InChI is InChI=1S/C16H16N2O2S/c1-20-12-7-6-11(14(19)8-12)9-17-10-16-18-13-4-2-3-5-15(13)21-16/h2-8,17,19H,9-10H2,1H3. The van der Waals surface area contributed by atoms with E-state index in [4.69, 9.17) is 4.74 Å². The van der Waals surface area contributed by atoms with E-state index in [9.17, 15) is 5.11 Å². The highest BCUT2D eigenvalue weighted by molar-refractivity contribution is 7.18. The quantitative estimate of drug-likeness (QED) is 0.759. The van der Waals surface area contributed by atoms with E-state index in [0.717, 1.165) is 16.1 Å². The molecule has 0 bridgehead atoms. The van der Waals surface area contributed by atoms with Crippen molar-refractivity contribution in [3.8, 4) is 11.5 Å². The van der Waals surface area contributed by atoms with Crippen LogP contribution in [0.1, 0.15) is 10.6 Å². The molecule has 3 aromatic rings. The third kappa shape index (κ3) is 3.15. The summed E-state index contributed by atoms with van der Waals surface area (Å²) in [6.07, 6.45) is 0. The predicted octanol–water partition coefficient (Wildman–Crippen LogP) is 3.30. The zero-order valence-electron chi connectivity index (χ0n) is 11.7. The van der Waals surface area contributed by atoms with Gasteiger partial charge in [0.1, 0.15) is 16.5 Å². The van der Waals surface area contributed by atoms with Crippen LogP contribution in [0.2, 0.25) is 0 Å². The Bertz CT molecular complexity index is 722. The number of hydrogen-bond acceptors (Lipinski definition) is 5. The molecule has 0 saturated carbocycles. The number of aromatic nitrogens is 1.